The molecule has 2 aromatic rings. The fourth-order valence-electron chi connectivity index (χ4n) is 2.35. The van der Waals surface area contributed by atoms with Crippen molar-refractivity contribution in [1.82, 2.24) is 15.6 Å². The Kier molecular flexibility index (Phi) is 3.35. The maximum absolute atomic E-state index is 4.18. The van der Waals surface area contributed by atoms with Crippen molar-refractivity contribution >= 4 is 0 Å². The maximum Gasteiger partial charge on any atom is 0.0614 e. The molecule has 3 nitrogen and oxygen atoms in total. The Balaban J connectivity index is 1.90. The fourth-order valence-corrected chi connectivity index (χ4v) is 2.35. The Labute approximate surface area is 107 Å². The van der Waals surface area contributed by atoms with Crippen LogP contribution in [0.2, 0.25) is 0 Å². The zero-order valence-electron chi connectivity index (χ0n) is 10.2. The highest BCUT2D eigenvalue weighted by molar-refractivity contribution is 5.65. The molecule has 2 heterocycles. The molecular weight excluding hydrogens is 222 g/mol. The molecule has 1 aromatic carbocycles. The van der Waals surface area contributed by atoms with E-state index in [0.717, 1.165) is 30.6 Å². The van der Waals surface area contributed by atoms with Gasteiger partial charge >= 0.3 is 0 Å². The van der Waals surface area contributed by atoms with E-state index in [4.69, 9.17) is 0 Å². The summed E-state index contributed by atoms with van der Waals surface area (Å²) in [4.78, 5) is 4.18. The van der Waals surface area contributed by atoms with E-state index < -0.39 is 0 Å². The lowest BCUT2D eigenvalue weighted by molar-refractivity contribution is 0.552. The molecule has 2 N–H and O–H groups in total. The molecule has 3 rings (SSSR count). The molecule has 1 fully saturated rings. The van der Waals surface area contributed by atoms with Crippen LogP contribution in [-0.4, -0.2) is 24.2 Å². The van der Waals surface area contributed by atoms with E-state index in [2.05, 4.69) is 33.8 Å². The molecule has 1 aliphatic rings. The van der Waals surface area contributed by atoms with Gasteiger partial charge in [-0.05, 0) is 23.3 Å². The third-order valence-corrected chi connectivity index (χ3v) is 3.22. The lowest BCUT2D eigenvalue weighted by Gasteiger charge is -2.14. The van der Waals surface area contributed by atoms with E-state index in [0.29, 0.717) is 6.17 Å². The van der Waals surface area contributed by atoms with Crippen molar-refractivity contribution in [3.63, 3.8) is 0 Å². The zero-order chi connectivity index (χ0) is 12.2. The summed E-state index contributed by atoms with van der Waals surface area (Å²) in [6.07, 6.45) is 5.04. The number of nitrogens with one attached hydrogen (secondary N) is 2. The zero-order valence-corrected chi connectivity index (χ0v) is 10.2. The second-order valence-electron chi connectivity index (χ2n) is 4.48. The van der Waals surface area contributed by atoms with Crippen molar-refractivity contribution < 1.29 is 0 Å². The molecule has 0 unspecified atom stereocenters. The Morgan fingerprint density at radius 1 is 1.22 bits per heavy atom. The van der Waals surface area contributed by atoms with E-state index in [1.54, 1.807) is 6.20 Å². The topological polar surface area (TPSA) is 37.0 Å². The molecule has 0 spiro atoms. The number of hydrogen-bond acceptors (Lipinski definition) is 3. The Hall–Kier alpha value is -1.71. The molecule has 1 aliphatic heterocycles. The first-order chi connectivity index (χ1) is 8.93. The number of hydrogen-bond donors (Lipinski definition) is 2. The van der Waals surface area contributed by atoms with Crippen molar-refractivity contribution in [2.45, 2.75) is 12.6 Å². The first-order valence-electron chi connectivity index (χ1n) is 6.30. The number of aromatic nitrogens is 1. The smallest absolute Gasteiger partial charge is 0.0614 e. The molecule has 0 bridgehead atoms. The number of benzene rings is 1. The average Bonchev–Trinajstić information content (AvgIpc) is 2.93. The van der Waals surface area contributed by atoms with Crippen LogP contribution >= 0.6 is 0 Å². The van der Waals surface area contributed by atoms with Crippen LogP contribution in [0.25, 0.3) is 11.1 Å². The van der Waals surface area contributed by atoms with Crippen LogP contribution in [0.4, 0.5) is 0 Å². The molecule has 18 heavy (non-hydrogen) atoms. The summed E-state index contributed by atoms with van der Waals surface area (Å²) >= 11 is 0. The van der Waals surface area contributed by atoms with Crippen molar-refractivity contribution in [3.8, 4) is 11.1 Å². The summed E-state index contributed by atoms with van der Waals surface area (Å²) in [6, 6.07) is 13.5. The predicted molar refractivity (Wildman–Crippen MR) is 72.0 cm³/mol. The second-order valence-corrected chi connectivity index (χ2v) is 4.48. The largest absolute Gasteiger partial charge is 0.300 e. The van der Waals surface area contributed by atoms with Gasteiger partial charge in [-0.3, -0.25) is 4.98 Å². The van der Waals surface area contributed by atoms with Gasteiger partial charge in [0.25, 0.3) is 0 Å². The molecule has 1 radical (unpaired) electrons. The quantitative estimate of drug-likeness (QED) is 0.853. The Bertz CT molecular complexity index is 504. The highest BCUT2D eigenvalue weighted by Gasteiger charge is 2.15. The van der Waals surface area contributed by atoms with Crippen LogP contribution in [0.15, 0.2) is 42.7 Å². The van der Waals surface area contributed by atoms with Crippen molar-refractivity contribution in [2.75, 3.05) is 13.1 Å². The highest BCUT2D eigenvalue weighted by Crippen LogP contribution is 2.23. The second kappa shape index (κ2) is 5.29. The summed E-state index contributed by atoms with van der Waals surface area (Å²) in [5.74, 6) is 0. The first kappa shape index (κ1) is 11.4. The van der Waals surface area contributed by atoms with Crippen molar-refractivity contribution in [1.29, 1.82) is 0 Å². The van der Waals surface area contributed by atoms with Gasteiger partial charge in [-0.2, -0.15) is 0 Å². The maximum atomic E-state index is 4.18. The molecule has 0 amide bonds. The lowest BCUT2D eigenvalue weighted by Crippen LogP contribution is -2.33. The molecule has 1 saturated heterocycles. The molecule has 0 aliphatic carbocycles. The third kappa shape index (κ3) is 2.42. The van der Waals surface area contributed by atoms with Gasteiger partial charge < -0.3 is 10.6 Å². The normalized spacial score (nSPS) is 16.0. The summed E-state index contributed by atoms with van der Waals surface area (Å²) in [6.45, 7) is 2.09. The van der Waals surface area contributed by atoms with Gasteiger partial charge in [0.05, 0.1) is 6.17 Å². The van der Waals surface area contributed by atoms with E-state index in [9.17, 15) is 0 Å². The first-order valence-corrected chi connectivity index (χ1v) is 6.30. The molecular formula is C15H16N3. The minimum atomic E-state index is 0.372. The van der Waals surface area contributed by atoms with Crippen molar-refractivity contribution in [2.24, 2.45) is 0 Å². The van der Waals surface area contributed by atoms with Gasteiger partial charge in [0.15, 0.2) is 0 Å². The lowest BCUT2D eigenvalue weighted by atomic mass is 9.98. The number of rotatable bonds is 3. The SMILES string of the molecule is [c]1cccc(CC2NCCN2)c1-c1cccnc1. The number of pyridine rings is 1. The van der Waals surface area contributed by atoms with E-state index >= 15 is 0 Å². The minimum absolute atomic E-state index is 0.372. The van der Waals surface area contributed by atoms with Gasteiger partial charge in [-0.25, -0.2) is 0 Å². The fraction of sp³-hybridized carbons (Fsp3) is 0.267. The molecule has 0 saturated carbocycles. The Morgan fingerprint density at radius 3 is 2.89 bits per heavy atom. The molecule has 91 valence electrons. The van der Waals surface area contributed by atoms with Crippen LogP contribution in [0.5, 0.6) is 0 Å². The highest BCUT2D eigenvalue weighted by atomic mass is 15.2. The van der Waals surface area contributed by atoms with Gasteiger partial charge in [0.2, 0.25) is 0 Å². The van der Waals surface area contributed by atoms with E-state index in [-0.39, 0.29) is 0 Å². The molecule has 3 heteroatoms. The van der Waals surface area contributed by atoms with Crippen LogP contribution in [0.1, 0.15) is 5.56 Å². The number of nitrogens with zero attached hydrogens (tertiary/aromatic N) is 1. The van der Waals surface area contributed by atoms with Crippen LogP contribution < -0.4 is 10.6 Å². The summed E-state index contributed by atoms with van der Waals surface area (Å²) in [5.41, 5.74) is 3.59. The molecule has 1 aromatic heterocycles. The van der Waals surface area contributed by atoms with Crippen LogP contribution in [0, 0.1) is 6.07 Å². The van der Waals surface area contributed by atoms with Gasteiger partial charge in [0, 0.05) is 37.5 Å². The predicted octanol–water partition coefficient (Wildman–Crippen LogP) is 1.61. The molecule has 0 atom stereocenters. The summed E-state index contributed by atoms with van der Waals surface area (Å²) in [7, 11) is 0. The van der Waals surface area contributed by atoms with Crippen LogP contribution in [-0.2, 0) is 6.42 Å². The van der Waals surface area contributed by atoms with Gasteiger partial charge in [-0.15, -0.1) is 0 Å². The van der Waals surface area contributed by atoms with Crippen LogP contribution in [0.3, 0.4) is 0 Å². The summed E-state index contributed by atoms with van der Waals surface area (Å²) in [5, 5.41) is 6.89. The van der Waals surface area contributed by atoms with Gasteiger partial charge in [0.1, 0.15) is 0 Å². The van der Waals surface area contributed by atoms with E-state index in [1.807, 2.05) is 24.4 Å². The standard InChI is InChI=1S/C15H16N3/c1-2-6-14(13-5-3-7-16-11-13)12(4-1)10-15-17-8-9-18-15/h1-5,7,11,15,17-18H,8-10H2. The van der Waals surface area contributed by atoms with Crippen molar-refractivity contribution in [3.05, 3.63) is 54.4 Å². The van der Waals surface area contributed by atoms with E-state index in [1.165, 1.54) is 5.56 Å². The average molecular weight is 238 g/mol. The monoisotopic (exact) mass is 238 g/mol. The Morgan fingerprint density at radius 2 is 2.11 bits per heavy atom. The minimum Gasteiger partial charge on any atom is -0.300 e. The summed E-state index contributed by atoms with van der Waals surface area (Å²) < 4.78 is 0. The van der Waals surface area contributed by atoms with Gasteiger partial charge in [-0.1, -0.05) is 24.3 Å². The third-order valence-electron chi connectivity index (χ3n) is 3.22.